The molecule has 2 aromatic carbocycles. The number of hydrogen-bond donors (Lipinski definition) is 1. The Morgan fingerprint density at radius 3 is 2.50 bits per heavy atom. The second-order valence-corrected chi connectivity index (χ2v) is 5.31. The minimum Gasteiger partial charge on any atom is -0.452 e. The molecule has 2 aromatic rings. The third kappa shape index (κ3) is 4.09. The lowest BCUT2D eigenvalue weighted by atomic mass is 10.1. The Morgan fingerprint density at radius 1 is 1.09 bits per heavy atom. The van der Waals surface area contributed by atoms with E-state index in [9.17, 15) is 9.59 Å². The normalized spacial score (nSPS) is 10.1. The zero-order chi connectivity index (χ0) is 16.1. The van der Waals surface area contributed by atoms with Gasteiger partial charge < -0.3 is 10.1 Å². The van der Waals surface area contributed by atoms with Crippen LogP contribution in [0.15, 0.2) is 42.5 Å². The number of carbonyl (C=O) groups excluding carboxylic acids is 2. The molecule has 114 valence electrons. The van der Waals surface area contributed by atoms with Gasteiger partial charge in [-0.25, -0.2) is 4.79 Å². The van der Waals surface area contributed by atoms with Gasteiger partial charge in [0.05, 0.1) is 10.6 Å². The van der Waals surface area contributed by atoms with E-state index in [1.807, 2.05) is 26.0 Å². The molecule has 0 aliphatic rings. The number of esters is 1. The molecule has 0 saturated heterocycles. The van der Waals surface area contributed by atoms with E-state index in [2.05, 4.69) is 5.32 Å². The largest absolute Gasteiger partial charge is 0.452 e. The van der Waals surface area contributed by atoms with Crippen LogP contribution >= 0.6 is 11.6 Å². The molecular weight excluding hydrogens is 302 g/mol. The quantitative estimate of drug-likeness (QED) is 0.874. The zero-order valence-corrected chi connectivity index (χ0v) is 13.1. The molecule has 0 aliphatic carbocycles. The molecule has 0 bridgehead atoms. The number of carbonyl (C=O) groups is 2. The summed E-state index contributed by atoms with van der Waals surface area (Å²) in [6, 6.07) is 12.1. The van der Waals surface area contributed by atoms with Crippen LogP contribution in [0.2, 0.25) is 5.02 Å². The molecular formula is C17H16ClNO3. The van der Waals surface area contributed by atoms with Crippen molar-refractivity contribution in [2.75, 3.05) is 11.9 Å². The monoisotopic (exact) mass is 317 g/mol. The van der Waals surface area contributed by atoms with Gasteiger partial charge in [-0.05, 0) is 49.2 Å². The van der Waals surface area contributed by atoms with Gasteiger partial charge in [-0.3, -0.25) is 4.79 Å². The molecule has 0 aromatic heterocycles. The van der Waals surface area contributed by atoms with Crippen LogP contribution in [0.5, 0.6) is 0 Å². The molecule has 22 heavy (non-hydrogen) atoms. The van der Waals surface area contributed by atoms with Crippen molar-refractivity contribution in [2.45, 2.75) is 13.8 Å². The first kappa shape index (κ1) is 16.0. The highest BCUT2D eigenvalue weighted by Crippen LogP contribution is 2.16. The van der Waals surface area contributed by atoms with Gasteiger partial charge in [-0.2, -0.15) is 0 Å². The molecule has 0 unspecified atom stereocenters. The predicted octanol–water partition coefficient (Wildman–Crippen LogP) is 3.75. The number of halogens is 1. The van der Waals surface area contributed by atoms with Crippen LogP contribution in [0, 0.1) is 13.8 Å². The summed E-state index contributed by atoms with van der Waals surface area (Å²) in [7, 11) is 0. The van der Waals surface area contributed by atoms with Crippen molar-refractivity contribution in [2.24, 2.45) is 0 Å². The Bertz CT molecular complexity index is 713. The van der Waals surface area contributed by atoms with Crippen LogP contribution in [0.25, 0.3) is 0 Å². The lowest BCUT2D eigenvalue weighted by molar-refractivity contribution is -0.119. The van der Waals surface area contributed by atoms with Gasteiger partial charge in [0.2, 0.25) is 0 Å². The standard InChI is InChI=1S/C17H16ClNO3/c1-11-7-8-13(9-12(11)2)19-16(20)10-22-17(21)14-5-3-4-6-15(14)18/h3-9H,10H2,1-2H3,(H,19,20). The van der Waals surface area contributed by atoms with Gasteiger partial charge in [-0.15, -0.1) is 0 Å². The van der Waals surface area contributed by atoms with Gasteiger partial charge >= 0.3 is 5.97 Å². The summed E-state index contributed by atoms with van der Waals surface area (Å²) in [4.78, 5) is 23.6. The fourth-order valence-electron chi connectivity index (χ4n) is 1.85. The first-order valence-electron chi connectivity index (χ1n) is 6.76. The number of aryl methyl sites for hydroxylation is 2. The van der Waals surface area contributed by atoms with Crippen molar-refractivity contribution >= 4 is 29.2 Å². The van der Waals surface area contributed by atoms with Gasteiger partial charge in [-0.1, -0.05) is 29.8 Å². The number of rotatable bonds is 4. The smallest absolute Gasteiger partial charge is 0.340 e. The summed E-state index contributed by atoms with van der Waals surface area (Å²) in [5.41, 5.74) is 3.12. The average Bonchev–Trinajstić information content (AvgIpc) is 2.49. The van der Waals surface area contributed by atoms with E-state index >= 15 is 0 Å². The molecule has 0 aliphatic heterocycles. The lowest BCUT2D eigenvalue weighted by Crippen LogP contribution is -2.21. The summed E-state index contributed by atoms with van der Waals surface area (Å²) in [5, 5.41) is 2.98. The number of amides is 1. The van der Waals surface area contributed by atoms with Crippen LogP contribution in [0.1, 0.15) is 21.5 Å². The number of hydrogen-bond acceptors (Lipinski definition) is 3. The molecule has 0 saturated carbocycles. The van der Waals surface area contributed by atoms with Gasteiger partial charge in [0.25, 0.3) is 5.91 Å². The summed E-state index contributed by atoms with van der Waals surface area (Å²) in [5.74, 6) is -1.02. The van der Waals surface area contributed by atoms with E-state index in [0.717, 1.165) is 11.1 Å². The minimum atomic E-state index is -0.624. The Hall–Kier alpha value is -2.33. The molecule has 0 radical (unpaired) electrons. The van der Waals surface area contributed by atoms with Crippen LogP contribution in [-0.2, 0) is 9.53 Å². The Morgan fingerprint density at radius 2 is 1.82 bits per heavy atom. The number of nitrogens with one attached hydrogen (secondary N) is 1. The van der Waals surface area contributed by atoms with Crippen molar-refractivity contribution in [3.8, 4) is 0 Å². The zero-order valence-electron chi connectivity index (χ0n) is 12.4. The highest BCUT2D eigenvalue weighted by molar-refractivity contribution is 6.33. The molecule has 5 heteroatoms. The first-order chi connectivity index (χ1) is 10.5. The van der Waals surface area contributed by atoms with Crippen molar-refractivity contribution in [1.29, 1.82) is 0 Å². The second-order valence-electron chi connectivity index (χ2n) is 4.90. The Kier molecular flexibility index (Phi) is 5.17. The van der Waals surface area contributed by atoms with Crippen LogP contribution < -0.4 is 5.32 Å². The third-order valence-corrected chi connectivity index (χ3v) is 3.55. The third-order valence-electron chi connectivity index (χ3n) is 3.22. The minimum absolute atomic E-state index is 0.239. The summed E-state index contributed by atoms with van der Waals surface area (Å²) >= 11 is 5.90. The molecule has 1 N–H and O–H groups in total. The summed E-state index contributed by atoms with van der Waals surface area (Å²) < 4.78 is 4.96. The van der Waals surface area contributed by atoms with E-state index < -0.39 is 11.9 Å². The van der Waals surface area contributed by atoms with Crippen LogP contribution in [-0.4, -0.2) is 18.5 Å². The molecule has 0 heterocycles. The molecule has 0 spiro atoms. The SMILES string of the molecule is Cc1ccc(NC(=O)COC(=O)c2ccccc2Cl)cc1C. The highest BCUT2D eigenvalue weighted by atomic mass is 35.5. The van der Waals surface area contributed by atoms with E-state index in [1.54, 1.807) is 30.3 Å². The summed E-state index contributed by atoms with van der Waals surface area (Å²) in [6.45, 7) is 3.59. The van der Waals surface area contributed by atoms with E-state index in [0.29, 0.717) is 10.7 Å². The van der Waals surface area contributed by atoms with Crippen molar-refractivity contribution in [3.63, 3.8) is 0 Å². The van der Waals surface area contributed by atoms with Crippen LogP contribution in [0.3, 0.4) is 0 Å². The van der Waals surface area contributed by atoms with Gasteiger partial charge in [0.1, 0.15) is 0 Å². The highest BCUT2D eigenvalue weighted by Gasteiger charge is 2.13. The second kappa shape index (κ2) is 7.09. The molecule has 1 amide bonds. The number of ether oxygens (including phenoxy) is 1. The maximum Gasteiger partial charge on any atom is 0.340 e. The Balaban J connectivity index is 1.91. The maximum absolute atomic E-state index is 11.8. The van der Waals surface area contributed by atoms with E-state index in [-0.39, 0.29) is 12.2 Å². The van der Waals surface area contributed by atoms with Crippen molar-refractivity contribution < 1.29 is 14.3 Å². The number of benzene rings is 2. The maximum atomic E-state index is 11.8. The average molecular weight is 318 g/mol. The predicted molar refractivity (Wildman–Crippen MR) is 86.3 cm³/mol. The summed E-state index contributed by atoms with van der Waals surface area (Å²) in [6.07, 6.45) is 0. The van der Waals surface area contributed by atoms with Gasteiger partial charge in [0.15, 0.2) is 6.61 Å². The topological polar surface area (TPSA) is 55.4 Å². The fraction of sp³-hybridized carbons (Fsp3) is 0.176. The van der Waals surface area contributed by atoms with Crippen molar-refractivity contribution in [3.05, 3.63) is 64.2 Å². The molecule has 0 fully saturated rings. The van der Waals surface area contributed by atoms with Gasteiger partial charge in [0, 0.05) is 5.69 Å². The molecule has 2 rings (SSSR count). The molecule has 4 nitrogen and oxygen atoms in total. The first-order valence-corrected chi connectivity index (χ1v) is 7.14. The van der Waals surface area contributed by atoms with Crippen LogP contribution in [0.4, 0.5) is 5.69 Å². The lowest BCUT2D eigenvalue weighted by Gasteiger charge is -2.09. The number of anilines is 1. The van der Waals surface area contributed by atoms with E-state index in [4.69, 9.17) is 16.3 Å². The Labute approximate surface area is 134 Å². The molecule has 0 atom stereocenters. The fourth-order valence-corrected chi connectivity index (χ4v) is 2.06. The van der Waals surface area contributed by atoms with Crippen molar-refractivity contribution in [1.82, 2.24) is 0 Å². The van der Waals surface area contributed by atoms with E-state index in [1.165, 1.54) is 0 Å².